The van der Waals surface area contributed by atoms with Gasteiger partial charge in [-0.1, -0.05) is 17.3 Å². The molecule has 1 amide bonds. The number of hydrogen-bond donors (Lipinski definition) is 2. The molecule has 2 aliphatic heterocycles. The Morgan fingerprint density at radius 1 is 1.29 bits per heavy atom. The molecule has 0 aliphatic carbocycles. The van der Waals surface area contributed by atoms with E-state index >= 15 is 0 Å². The summed E-state index contributed by atoms with van der Waals surface area (Å²) in [6.45, 7) is 2.58. The van der Waals surface area contributed by atoms with Gasteiger partial charge in [0.05, 0.1) is 13.7 Å². The number of methoxy groups -OCH3 is 1. The summed E-state index contributed by atoms with van der Waals surface area (Å²) in [6, 6.07) is 12.8. The van der Waals surface area contributed by atoms with E-state index in [0.717, 1.165) is 30.8 Å². The zero-order chi connectivity index (χ0) is 21.4. The number of fused-ring (bicyclic) bond motifs is 4. The maximum atomic E-state index is 13.0. The Labute approximate surface area is 179 Å². The molecule has 0 unspecified atom stereocenters. The molecular weight excluding hydrogens is 396 g/mol. The Bertz CT molecular complexity index is 1180. The average molecular weight is 420 g/mol. The molecule has 160 valence electrons. The van der Waals surface area contributed by atoms with Crippen LogP contribution in [-0.4, -0.2) is 35.8 Å². The van der Waals surface area contributed by atoms with Crippen molar-refractivity contribution in [2.45, 2.75) is 25.4 Å². The second-order valence-corrected chi connectivity index (χ2v) is 8.11. The number of benzene rings is 1. The van der Waals surface area contributed by atoms with Crippen molar-refractivity contribution in [3.05, 3.63) is 69.8 Å². The van der Waals surface area contributed by atoms with Gasteiger partial charge in [-0.2, -0.15) is 0 Å². The van der Waals surface area contributed by atoms with Crippen LogP contribution in [0.2, 0.25) is 0 Å². The Kier molecular flexibility index (Phi) is 5.07. The zero-order valence-electron chi connectivity index (χ0n) is 17.3. The Balaban J connectivity index is 1.31. The van der Waals surface area contributed by atoms with Gasteiger partial charge in [0.1, 0.15) is 17.0 Å². The van der Waals surface area contributed by atoms with Crippen LogP contribution in [0.4, 0.5) is 0 Å². The summed E-state index contributed by atoms with van der Waals surface area (Å²) in [6.07, 6.45) is 1.10. The lowest BCUT2D eigenvalue weighted by molar-refractivity contribution is 0.0944. The smallest absolute Gasteiger partial charge is 0.263 e. The molecule has 2 atom stereocenters. The van der Waals surface area contributed by atoms with Gasteiger partial charge in [-0.25, -0.2) is 0 Å². The molecule has 2 aliphatic rings. The van der Waals surface area contributed by atoms with Crippen LogP contribution in [0.3, 0.4) is 0 Å². The Morgan fingerprint density at radius 2 is 2.16 bits per heavy atom. The number of para-hydroxylation sites is 1. The number of carbonyl (C=O) groups is 1. The SMILES string of the molecule is COc1ccccc1-c1cc(CNC(=O)c2ccc3n(c2=O)C[C@@H]2CNC[C@H]3C2)on1. The third-order valence-corrected chi connectivity index (χ3v) is 6.12. The highest BCUT2D eigenvalue weighted by Gasteiger charge is 2.31. The molecule has 3 aromatic rings. The lowest BCUT2D eigenvalue weighted by Crippen LogP contribution is -2.46. The van der Waals surface area contributed by atoms with Crippen molar-refractivity contribution < 1.29 is 14.1 Å². The molecule has 31 heavy (non-hydrogen) atoms. The van der Waals surface area contributed by atoms with Crippen molar-refractivity contribution >= 4 is 5.91 Å². The van der Waals surface area contributed by atoms with Crippen LogP contribution in [0, 0.1) is 5.92 Å². The van der Waals surface area contributed by atoms with E-state index in [9.17, 15) is 9.59 Å². The van der Waals surface area contributed by atoms with E-state index in [-0.39, 0.29) is 17.7 Å². The second-order valence-electron chi connectivity index (χ2n) is 8.11. The largest absolute Gasteiger partial charge is 0.496 e. The van der Waals surface area contributed by atoms with Crippen LogP contribution in [-0.2, 0) is 13.1 Å². The monoisotopic (exact) mass is 420 g/mol. The van der Waals surface area contributed by atoms with Crippen LogP contribution in [0.25, 0.3) is 11.3 Å². The molecular formula is C23H24N4O4. The number of hydrogen-bond acceptors (Lipinski definition) is 6. The summed E-state index contributed by atoms with van der Waals surface area (Å²) in [7, 11) is 1.60. The molecule has 1 aromatic carbocycles. The first kappa shape index (κ1) is 19.6. The number of nitrogens with zero attached hydrogens (tertiary/aromatic N) is 2. The molecule has 5 rings (SSSR count). The van der Waals surface area contributed by atoms with Gasteiger partial charge in [0.25, 0.3) is 11.5 Å². The quantitative estimate of drug-likeness (QED) is 0.656. The van der Waals surface area contributed by atoms with Crippen molar-refractivity contribution in [3.8, 4) is 17.0 Å². The summed E-state index contributed by atoms with van der Waals surface area (Å²) >= 11 is 0. The zero-order valence-corrected chi connectivity index (χ0v) is 17.3. The third-order valence-electron chi connectivity index (χ3n) is 6.12. The summed E-state index contributed by atoms with van der Waals surface area (Å²) in [4.78, 5) is 25.7. The summed E-state index contributed by atoms with van der Waals surface area (Å²) in [5, 5.41) is 10.3. The highest BCUT2D eigenvalue weighted by Crippen LogP contribution is 2.32. The van der Waals surface area contributed by atoms with Gasteiger partial charge in [0.2, 0.25) is 0 Å². The van der Waals surface area contributed by atoms with Gasteiger partial charge in [0, 0.05) is 36.3 Å². The summed E-state index contributed by atoms with van der Waals surface area (Å²) < 4.78 is 12.5. The number of nitrogens with one attached hydrogen (secondary N) is 2. The molecule has 1 saturated heterocycles. The fraction of sp³-hybridized carbons (Fsp3) is 0.348. The predicted molar refractivity (Wildman–Crippen MR) is 114 cm³/mol. The average Bonchev–Trinajstić information content (AvgIpc) is 3.27. The van der Waals surface area contributed by atoms with Crippen LogP contribution in [0.5, 0.6) is 5.75 Å². The number of ether oxygens (including phenoxy) is 1. The summed E-state index contributed by atoms with van der Waals surface area (Å²) in [5.74, 6) is 1.54. The normalized spacial score (nSPS) is 19.5. The molecule has 8 heteroatoms. The predicted octanol–water partition coefficient (Wildman–Crippen LogP) is 2.15. The minimum absolute atomic E-state index is 0.136. The lowest BCUT2D eigenvalue weighted by atomic mass is 9.84. The van der Waals surface area contributed by atoms with E-state index in [1.807, 2.05) is 30.3 Å². The standard InChI is InChI=1S/C23H24N4O4/c1-30-21-5-3-2-4-17(21)19-9-16(31-26-19)12-25-22(28)18-6-7-20-15-8-14(10-24-11-15)13-27(20)23(18)29/h2-7,9,14-15,24H,8,10-13H2,1H3,(H,25,28)/t14-,15+/m0/s1. The van der Waals surface area contributed by atoms with Gasteiger partial charge in [-0.3, -0.25) is 9.59 Å². The minimum Gasteiger partial charge on any atom is -0.496 e. The molecule has 4 heterocycles. The Hall–Kier alpha value is -3.39. The number of amides is 1. The van der Waals surface area contributed by atoms with E-state index < -0.39 is 5.91 Å². The number of aromatic nitrogens is 2. The molecule has 0 spiro atoms. The maximum absolute atomic E-state index is 13.0. The molecule has 2 N–H and O–H groups in total. The topological polar surface area (TPSA) is 98.4 Å². The van der Waals surface area contributed by atoms with Gasteiger partial charge in [0.15, 0.2) is 5.76 Å². The Morgan fingerprint density at radius 3 is 3.03 bits per heavy atom. The highest BCUT2D eigenvalue weighted by atomic mass is 16.5. The number of pyridine rings is 1. The molecule has 2 aromatic heterocycles. The van der Waals surface area contributed by atoms with Crippen LogP contribution in [0.1, 0.15) is 34.2 Å². The van der Waals surface area contributed by atoms with E-state index in [4.69, 9.17) is 9.26 Å². The van der Waals surface area contributed by atoms with Crippen LogP contribution < -0.4 is 20.9 Å². The van der Waals surface area contributed by atoms with Crippen molar-refractivity contribution in [3.63, 3.8) is 0 Å². The highest BCUT2D eigenvalue weighted by molar-refractivity contribution is 5.93. The van der Waals surface area contributed by atoms with Gasteiger partial charge in [-0.05, 0) is 43.1 Å². The fourth-order valence-corrected chi connectivity index (χ4v) is 4.61. The van der Waals surface area contributed by atoms with Crippen LogP contribution in [0.15, 0.2) is 51.8 Å². The second kappa shape index (κ2) is 8.03. The first-order valence-electron chi connectivity index (χ1n) is 10.5. The molecule has 8 nitrogen and oxygen atoms in total. The van der Waals surface area contributed by atoms with Gasteiger partial charge in [-0.15, -0.1) is 0 Å². The lowest BCUT2D eigenvalue weighted by Gasteiger charge is -2.37. The summed E-state index contributed by atoms with van der Waals surface area (Å²) in [5.41, 5.74) is 2.37. The first-order chi connectivity index (χ1) is 15.1. The minimum atomic E-state index is -0.413. The van der Waals surface area contributed by atoms with Crippen molar-refractivity contribution in [1.82, 2.24) is 20.4 Å². The van der Waals surface area contributed by atoms with E-state index in [0.29, 0.717) is 35.6 Å². The molecule has 0 saturated carbocycles. The maximum Gasteiger partial charge on any atom is 0.263 e. The number of carbonyl (C=O) groups excluding carboxylic acids is 1. The molecule has 0 radical (unpaired) electrons. The number of piperidine rings is 1. The van der Waals surface area contributed by atoms with E-state index in [2.05, 4.69) is 15.8 Å². The molecule has 1 fully saturated rings. The van der Waals surface area contributed by atoms with E-state index in [1.165, 1.54) is 0 Å². The van der Waals surface area contributed by atoms with Gasteiger partial charge < -0.3 is 24.5 Å². The van der Waals surface area contributed by atoms with Gasteiger partial charge >= 0.3 is 0 Å². The first-order valence-corrected chi connectivity index (χ1v) is 10.5. The van der Waals surface area contributed by atoms with Crippen molar-refractivity contribution in [2.75, 3.05) is 20.2 Å². The molecule has 2 bridgehead atoms. The third kappa shape index (κ3) is 3.63. The number of rotatable bonds is 5. The fourth-order valence-electron chi connectivity index (χ4n) is 4.61. The van der Waals surface area contributed by atoms with E-state index in [1.54, 1.807) is 23.8 Å². The van der Waals surface area contributed by atoms with Crippen LogP contribution >= 0.6 is 0 Å². The van der Waals surface area contributed by atoms with Crippen molar-refractivity contribution in [1.29, 1.82) is 0 Å². The van der Waals surface area contributed by atoms with Crippen molar-refractivity contribution in [2.24, 2.45) is 5.92 Å².